The first-order valence-electron chi connectivity index (χ1n) is 10.1. The molecule has 0 fully saturated rings. The van der Waals surface area contributed by atoms with Crippen LogP contribution < -0.4 is 0 Å². The quantitative estimate of drug-likeness (QED) is 0.450. The fraction of sp³-hybridized carbons (Fsp3) is 0.615. The van der Waals surface area contributed by atoms with Crippen LogP contribution in [0.15, 0.2) is 24.3 Å². The Labute approximate surface area is 162 Å². The molecule has 0 spiro atoms. The molecule has 0 nitrogen and oxygen atoms in total. The fourth-order valence-corrected chi connectivity index (χ4v) is 4.00. The highest BCUT2D eigenvalue weighted by molar-refractivity contribution is 5.97. The fourth-order valence-electron chi connectivity index (χ4n) is 4.00. The summed E-state index contributed by atoms with van der Waals surface area (Å²) in [6.07, 6.45) is 0. The molecule has 0 amide bonds. The Kier molecular flexibility index (Phi) is 4.94. The minimum Gasteiger partial charge on any atom is -0.0576 e. The summed E-state index contributed by atoms with van der Waals surface area (Å²) in [5.74, 6) is 0. The molecular weight excluding hydrogens is 312 g/mol. The summed E-state index contributed by atoms with van der Waals surface area (Å²) in [6, 6.07) is 9.57. The van der Waals surface area contributed by atoms with Crippen LogP contribution in [0.5, 0.6) is 0 Å². The predicted molar refractivity (Wildman–Crippen MR) is 119 cm³/mol. The molecule has 0 N–H and O–H groups in total. The van der Waals surface area contributed by atoms with Crippen molar-refractivity contribution in [3.05, 3.63) is 46.5 Å². The van der Waals surface area contributed by atoms with E-state index >= 15 is 0 Å². The lowest BCUT2D eigenvalue weighted by Gasteiger charge is -2.34. The average Bonchev–Trinajstić information content (AvgIpc) is 2.40. The lowest BCUT2D eigenvalue weighted by molar-refractivity contribution is 0.566. The van der Waals surface area contributed by atoms with E-state index in [1.54, 1.807) is 0 Å². The van der Waals surface area contributed by atoms with Crippen molar-refractivity contribution in [2.75, 3.05) is 0 Å². The van der Waals surface area contributed by atoms with Gasteiger partial charge in [-0.25, -0.2) is 0 Å². The van der Waals surface area contributed by atoms with Crippen LogP contribution in [0.1, 0.15) is 105 Å². The summed E-state index contributed by atoms with van der Waals surface area (Å²) in [6.45, 7) is 28.1. The molecule has 0 saturated heterocycles. The standard InChI is InChI=1S/C26H40/c1-23(2,3)17-13-14-19(25(7,8)9)22-20(26(10,11)12)16-15-18(21(17)22)24(4,5)6/h13-16H,1-12H3. The van der Waals surface area contributed by atoms with Gasteiger partial charge in [0.25, 0.3) is 0 Å². The van der Waals surface area contributed by atoms with Gasteiger partial charge in [-0.15, -0.1) is 0 Å². The van der Waals surface area contributed by atoms with Crippen LogP contribution in [0, 0.1) is 0 Å². The Morgan fingerprint density at radius 3 is 0.615 bits per heavy atom. The molecule has 0 aliphatic heterocycles. The van der Waals surface area contributed by atoms with Crippen molar-refractivity contribution >= 4 is 10.8 Å². The minimum absolute atomic E-state index is 0.116. The van der Waals surface area contributed by atoms with E-state index in [-0.39, 0.29) is 21.7 Å². The van der Waals surface area contributed by atoms with Crippen LogP contribution in [0.3, 0.4) is 0 Å². The molecule has 0 heteroatoms. The Morgan fingerprint density at radius 2 is 0.500 bits per heavy atom. The van der Waals surface area contributed by atoms with Gasteiger partial charge >= 0.3 is 0 Å². The topological polar surface area (TPSA) is 0 Å². The maximum atomic E-state index is 2.39. The molecule has 0 radical (unpaired) electrons. The largest absolute Gasteiger partial charge is 0.0576 e. The molecular formula is C26H40. The monoisotopic (exact) mass is 352 g/mol. The van der Waals surface area contributed by atoms with Crippen molar-refractivity contribution in [3.63, 3.8) is 0 Å². The molecule has 26 heavy (non-hydrogen) atoms. The molecule has 0 saturated carbocycles. The van der Waals surface area contributed by atoms with Crippen molar-refractivity contribution in [3.8, 4) is 0 Å². The van der Waals surface area contributed by atoms with E-state index < -0.39 is 0 Å². The van der Waals surface area contributed by atoms with Crippen LogP contribution >= 0.6 is 0 Å². The summed E-state index contributed by atoms with van der Waals surface area (Å²) < 4.78 is 0. The third-order valence-corrected chi connectivity index (χ3v) is 5.39. The number of hydrogen-bond acceptors (Lipinski definition) is 0. The van der Waals surface area contributed by atoms with Gasteiger partial charge in [-0.2, -0.15) is 0 Å². The summed E-state index contributed by atoms with van der Waals surface area (Å²) >= 11 is 0. The van der Waals surface area contributed by atoms with E-state index in [2.05, 4.69) is 107 Å². The van der Waals surface area contributed by atoms with Crippen molar-refractivity contribution in [2.45, 2.75) is 105 Å². The van der Waals surface area contributed by atoms with Crippen molar-refractivity contribution in [2.24, 2.45) is 0 Å². The third-order valence-electron chi connectivity index (χ3n) is 5.39. The number of hydrogen-bond donors (Lipinski definition) is 0. The molecule has 0 aromatic heterocycles. The van der Waals surface area contributed by atoms with E-state index in [1.807, 2.05) is 0 Å². The van der Waals surface area contributed by atoms with Crippen LogP contribution in [0.25, 0.3) is 10.8 Å². The maximum absolute atomic E-state index is 2.39. The first-order chi connectivity index (χ1) is 11.5. The molecule has 0 atom stereocenters. The second-order valence-corrected chi connectivity index (χ2v) is 12.1. The Balaban J connectivity index is 3.23. The average molecular weight is 353 g/mol. The zero-order valence-electron chi connectivity index (χ0n) is 19.3. The second kappa shape index (κ2) is 6.11. The highest BCUT2D eigenvalue weighted by Gasteiger charge is 2.30. The summed E-state index contributed by atoms with van der Waals surface area (Å²) in [4.78, 5) is 0. The molecule has 0 heterocycles. The van der Waals surface area contributed by atoms with Gasteiger partial charge < -0.3 is 0 Å². The minimum atomic E-state index is 0.116. The Bertz CT molecular complexity index is 669. The lowest BCUT2D eigenvalue weighted by Crippen LogP contribution is -2.23. The van der Waals surface area contributed by atoms with Gasteiger partial charge in [-0.05, 0) is 54.7 Å². The summed E-state index contributed by atoms with van der Waals surface area (Å²) in [7, 11) is 0. The molecule has 0 aliphatic carbocycles. The summed E-state index contributed by atoms with van der Waals surface area (Å²) in [5, 5.41) is 2.98. The lowest BCUT2D eigenvalue weighted by atomic mass is 9.70. The van der Waals surface area contributed by atoms with E-state index in [9.17, 15) is 0 Å². The molecule has 2 aromatic rings. The molecule has 144 valence electrons. The van der Waals surface area contributed by atoms with Gasteiger partial charge in [0, 0.05) is 0 Å². The van der Waals surface area contributed by atoms with E-state index in [4.69, 9.17) is 0 Å². The second-order valence-electron chi connectivity index (χ2n) is 12.1. The van der Waals surface area contributed by atoms with E-state index in [0.717, 1.165) is 0 Å². The van der Waals surface area contributed by atoms with Gasteiger partial charge in [0.1, 0.15) is 0 Å². The van der Waals surface area contributed by atoms with Crippen LogP contribution in [-0.2, 0) is 21.7 Å². The van der Waals surface area contributed by atoms with Crippen molar-refractivity contribution in [1.29, 1.82) is 0 Å². The highest BCUT2D eigenvalue weighted by atomic mass is 14.3. The number of rotatable bonds is 0. The van der Waals surface area contributed by atoms with Crippen molar-refractivity contribution < 1.29 is 0 Å². The zero-order valence-corrected chi connectivity index (χ0v) is 19.3. The third kappa shape index (κ3) is 3.85. The van der Waals surface area contributed by atoms with E-state index in [1.165, 1.54) is 33.0 Å². The highest BCUT2D eigenvalue weighted by Crippen LogP contribution is 2.45. The smallest absolute Gasteiger partial charge is 0.0103 e. The first-order valence-corrected chi connectivity index (χ1v) is 10.1. The molecule has 2 aromatic carbocycles. The SMILES string of the molecule is CC(C)(C)c1ccc(C(C)(C)C)c2c(C(C)(C)C)ccc(C(C)(C)C)c12. The van der Waals surface area contributed by atoms with E-state index in [0.29, 0.717) is 0 Å². The van der Waals surface area contributed by atoms with Gasteiger partial charge in [0.15, 0.2) is 0 Å². The predicted octanol–water partition coefficient (Wildman–Crippen LogP) is 8.03. The van der Waals surface area contributed by atoms with Gasteiger partial charge in [-0.3, -0.25) is 0 Å². The summed E-state index contributed by atoms with van der Waals surface area (Å²) in [5.41, 5.74) is 6.34. The van der Waals surface area contributed by atoms with Crippen LogP contribution in [0.4, 0.5) is 0 Å². The van der Waals surface area contributed by atoms with Crippen LogP contribution in [0.2, 0.25) is 0 Å². The number of fused-ring (bicyclic) bond motifs is 1. The molecule has 0 unspecified atom stereocenters. The zero-order chi connectivity index (χ0) is 20.3. The molecule has 2 rings (SSSR count). The van der Waals surface area contributed by atoms with Gasteiger partial charge in [0.2, 0.25) is 0 Å². The maximum Gasteiger partial charge on any atom is -0.0103 e. The molecule has 0 bridgehead atoms. The van der Waals surface area contributed by atoms with Gasteiger partial charge in [0.05, 0.1) is 0 Å². The Hall–Kier alpha value is -1.30. The van der Waals surface area contributed by atoms with Crippen molar-refractivity contribution in [1.82, 2.24) is 0 Å². The van der Waals surface area contributed by atoms with Crippen LogP contribution in [-0.4, -0.2) is 0 Å². The molecule has 0 aliphatic rings. The number of benzene rings is 2. The normalized spacial score (nSPS) is 14.2. The van der Waals surface area contributed by atoms with Gasteiger partial charge in [-0.1, -0.05) is 107 Å². The first kappa shape index (κ1) is 21.0. The Morgan fingerprint density at radius 1 is 0.346 bits per heavy atom.